The summed E-state index contributed by atoms with van der Waals surface area (Å²) in [6.45, 7) is 6.70. The van der Waals surface area contributed by atoms with Crippen LogP contribution in [0.1, 0.15) is 70.0 Å². The molecule has 1 atom stereocenters. The lowest BCUT2D eigenvalue weighted by molar-refractivity contribution is -0.107. The zero-order chi connectivity index (χ0) is 23.4. The van der Waals surface area contributed by atoms with Crippen molar-refractivity contribution >= 4 is 18.5 Å². The molecule has 0 spiro atoms. The Morgan fingerprint density at radius 2 is 1.84 bits per heavy atom. The maximum atomic E-state index is 9.84. The van der Waals surface area contributed by atoms with Crippen molar-refractivity contribution in [1.82, 2.24) is 10.2 Å². The first-order valence-electron chi connectivity index (χ1n) is 11.8. The number of carbonyl (C=O) groups excluding carboxylic acids is 1. The number of hydrogen-bond acceptors (Lipinski definition) is 8. The Bertz CT molecular complexity index is 595. The van der Waals surface area contributed by atoms with E-state index in [1.807, 2.05) is 25.2 Å². The summed E-state index contributed by atoms with van der Waals surface area (Å²) >= 11 is 0.870. The minimum atomic E-state index is -0.106. The lowest BCUT2D eigenvalue weighted by atomic mass is 10.1. The van der Waals surface area contributed by atoms with Gasteiger partial charge in [-0.3, -0.25) is 9.32 Å². The van der Waals surface area contributed by atoms with Crippen LogP contribution in [-0.4, -0.2) is 58.1 Å². The van der Waals surface area contributed by atoms with Crippen LogP contribution in [0.2, 0.25) is 0 Å². The van der Waals surface area contributed by atoms with Gasteiger partial charge in [0.1, 0.15) is 25.6 Å². The molecular weight excluding hydrogens is 426 g/mol. The Balaban J connectivity index is 0.000000285. The second-order valence-electron chi connectivity index (χ2n) is 8.02. The molecule has 0 saturated carbocycles. The maximum Gasteiger partial charge on any atom is 0.161 e. The SMILES string of the molecule is CCCCCCCC=O.CN1CCCC1.CNCC(OSN)c1ccc2c(c1)OCCO2. The minimum Gasteiger partial charge on any atom is -0.486 e. The Morgan fingerprint density at radius 3 is 2.41 bits per heavy atom. The smallest absolute Gasteiger partial charge is 0.161 e. The number of likely N-dealkylation sites (N-methyl/N-ethyl adjacent to an activating group) is 1. The van der Waals surface area contributed by atoms with E-state index in [1.165, 1.54) is 51.6 Å². The first-order valence-corrected chi connectivity index (χ1v) is 12.6. The molecule has 0 bridgehead atoms. The van der Waals surface area contributed by atoms with Crippen LogP contribution in [0.3, 0.4) is 0 Å². The number of rotatable bonds is 11. The van der Waals surface area contributed by atoms with Gasteiger partial charge in [-0.1, -0.05) is 38.7 Å². The average molecular weight is 470 g/mol. The molecule has 0 radical (unpaired) electrons. The highest BCUT2D eigenvalue weighted by atomic mass is 32.2. The maximum absolute atomic E-state index is 9.84. The van der Waals surface area contributed by atoms with Gasteiger partial charge in [0.05, 0.1) is 12.2 Å². The zero-order valence-electron chi connectivity index (χ0n) is 20.1. The van der Waals surface area contributed by atoms with E-state index >= 15 is 0 Å². The van der Waals surface area contributed by atoms with E-state index in [9.17, 15) is 4.79 Å². The van der Waals surface area contributed by atoms with E-state index in [4.69, 9.17) is 18.8 Å². The number of nitrogens with two attached hydrogens (primary N) is 1. The lowest BCUT2D eigenvalue weighted by Gasteiger charge is -2.21. The van der Waals surface area contributed by atoms with Crippen LogP contribution < -0.4 is 19.9 Å². The second kappa shape index (κ2) is 19.2. The van der Waals surface area contributed by atoms with Crippen molar-refractivity contribution in [2.24, 2.45) is 5.14 Å². The highest BCUT2D eigenvalue weighted by Crippen LogP contribution is 2.33. The van der Waals surface area contributed by atoms with Gasteiger partial charge in [-0.25, -0.2) is 0 Å². The highest BCUT2D eigenvalue weighted by Gasteiger charge is 2.17. The van der Waals surface area contributed by atoms with Crippen molar-refractivity contribution < 1.29 is 18.5 Å². The second-order valence-corrected chi connectivity index (χ2v) is 8.41. The summed E-state index contributed by atoms with van der Waals surface area (Å²) in [6.07, 6.45) is 10.7. The molecule has 1 unspecified atom stereocenters. The summed E-state index contributed by atoms with van der Waals surface area (Å²) in [5, 5.41) is 8.41. The van der Waals surface area contributed by atoms with Crippen LogP contribution in [0.25, 0.3) is 0 Å². The molecule has 3 rings (SSSR count). The predicted octanol–water partition coefficient (Wildman–Crippen LogP) is 4.51. The van der Waals surface area contributed by atoms with Gasteiger partial charge in [0.15, 0.2) is 11.5 Å². The summed E-state index contributed by atoms with van der Waals surface area (Å²) in [5.74, 6) is 1.55. The Labute approximate surface area is 199 Å². The number of hydrogen-bond donors (Lipinski definition) is 2. The fourth-order valence-electron chi connectivity index (χ4n) is 3.43. The third-order valence-corrected chi connectivity index (χ3v) is 5.60. The molecule has 1 aromatic carbocycles. The summed E-state index contributed by atoms with van der Waals surface area (Å²) in [5.41, 5.74) is 1.02. The monoisotopic (exact) mass is 469 g/mol. The molecule has 0 aliphatic carbocycles. The molecule has 7 nitrogen and oxygen atoms in total. The predicted molar refractivity (Wildman–Crippen MR) is 133 cm³/mol. The largest absolute Gasteiger partial charge is 0.486 e. The number of likely N-dealkylation sites (tertiary alicyclic amines) is 1. The molecule has 2 aliphatic rings. The van der Waals surface area contributed by atoms with Gasteiger partial charge in [0.25, 0.3) is 0 Å². The van der Waals surface area contributed by atoms with Gasteiger partial charge in [-0.2, -0.15) is 0 Å². The number of carbonyl (C=O) groups is 1. The lowest BCUT2D eigenvalue weighted by Crippen LogP contribution is -2.19. The number of aldehydes is 1. The molecule has 0 aromatic heterocycles. The van der Waals surface area contributed by atoms with Crippen molar-refractivity contribution in [2.45, 2.75) is 64.4 Å². The summed E-state index contributed by atoms with van der Waals surface area (Å²) in [7, 11) is 4.04. The quantitative estimate of drug-likeness (QED) is 0.212. The Hall–Kier alpha value is -1.32. The van der Waals surface area contributed by atoms with Gasteiger partial charge in [0.2, 0.25) is 0 Å². The number of fused-ring (bicyclic) bond motifs is 1. The molecule has 184 valence electrons. The van der Waals surface area contributed by atoms with Gasteiger partial charge in [-0.15, -0.1) is 0 Å². The van der Waals surface area contributed by atoms with Crippen molar-refractivity contribution in [2.75, 3.05) is 46.9 Å². The van der Waals surface area contributed by atoms with Crippen LogP contribution in [0, 0.1) is 0 Å². The molecule has 2 heterocycles. The van der Waals surface area contributed by atoms with E-state index < -0.39 is 0 Å². The average Bonchev–Trinajstić information content (AvgIpc) is 3.30. The molecule has 3 N–H and O–H groups in total. The van der Waals surface area contributed by atoms with Crippen molar-refractivity contribution in [3.05, 3.63) is 23.8 Å². The van der Waals surface area contributed by atoms with Gasteiger partial charge >= 0.3 is 0 Å². The number of unbranched alkanes of at least 4 members (excludes halogenated alkanes) is 5. The summed E-state index contributed by atoms with van der Waals surface area (Å²) in [4.78, 5) is 12.2. The van der Waals surface area contributed by atoms with Gasteiger partial charge in [-0.05, 0) is 64.1 Å². The van der Waals surface area contributed by atoms with E-state index in [0.29, 0.717) is 19.8 Å². The summed E-state index contributed by atoms with van der Waals surface area (Å²) < 4.78 is 16.4. The fourth-order valence-corrected chi connectivity index (χ4v) is 3.74. The van der Waals surface area contributed by atoms with Crippen LogP contribution in [0.15, 0.2) is 18.2 Å². The third kappa shape index (κ3) is 12.6. The van der Waals surface area contributed by atoms with Crippen molar-refractivity contribution in [3.8, 4) is 11.5 Å². The molecule has 1 aromatic rings. The van der Waals surface area contributed by atoms with E-state index in [0.717, 1.165) is 48.4 Å². The minimum absolute atomic E-state index is 0.106. The number of nitrogens with one attached hydrogen (secondary N) is 1. The Morgan fingerprint density at radius 1 is 1.16 bits per heavy atom. The van der Waals surface area contributed by atoms with Gasteiger partial charge in [0, 0.05) is 13.0 Å². The number of nitrogens with zero attached hydrogens (tertiary/aromatic N) is 1. The van der Waals surface area contributed by atoms with Crippen molar-refractivity contribution in [3.63, 3.8) is 0 Å². The van der Waals surface area contributed by atoms with Crippen LogP contribution in [0.5, 0.6) is 11.5 Å². The van der Waals surface area contributed by atoms with Crippen LogP contribution >= 0.6 is 12.2 Å². The molecular formula is C24H43N3O4S. The van der Waals surface area contributed by atoms with Gasteiger partial charge < -0.3 is 24.5 Å². The van der Waals surface area contributed by atoms with Crippen LogP contribution in [0.4, 0.5) is 0 Å². The zero-order valence-corrected chi connectivity index (χ0v) is 21.0. The standard InChI is InChI=1S/C11H16N2O3S.C8H16O.C5H11N/c1-13-7-11(16-17-12)8-2-3-9-10(6-8)15-5-4-14-9;1-2-3-4-5-6-7-8-9;1-6-4-2-3-5-6/h2-3,6,11,13H,4-5,7,12H2,1H3;8H,2-7H2,1H3;2-5H2,1H3. The number of ether oxygens (including phenoxy) is 2. The first-order chi connectivity index (χ1) is 15.7. The number of benzene rings is 1. The third-order valence-electron chi connectivity index (χ3n) is 5.25. The molecule has 2 aliphatic heterocycles. The molecule has 32 heavy (non-hydrogen) atoms. The van der Waals surface area contributed by atoms with E-state index in [1.54, 1.807) is 0 Å². The molecule has 0 amide bonds. The normalized spacial score (nSPS) is 15.8. The van der Waals surface area contributed by atoms with Crippen LogP contribution in [-0.2, 0) is 8.98 Å². The Kier molecular flexibility index (Phi) is 17.2. The van der Waals surface area contributed by atoms with Crippen molar-refractivity contribution in [1.29, 1.82) is 0 Å². The molecule has 1 fully saturated rings. The first kappa shape index (κ1) is 28.7. The topological polar surface area (TPSA) is 86.1 Å². The van der Waals surface area contributed by atoms with E-state index in [2.05, 4.69) is 24.2 Å². The summed E-state index contributed by atoms with van der Waals surface area (Å²) in [6, 6.07) is 5.80. The molecule has 1 saturated heterocycles. The molecule has 8 heteroatoms. The van der Waals surface area contributed by atoms with E-state index in [-0.39, 0.29) is 6.10 Å². The highest BCUT2D eigenvalue weighted by molar-refractivity contribution is 7.92. The fraction of sp³-hybridized carbons (Fsp3) is 0.708.